The fraction of sp³-hybridized carbons (Fsp3) is 0.107. The van der Waals surface area contributed by atoms with Crippen LogP contribution in [0.1, 0.15) is 17.3 Å². The maximum absolute atomic E-state index is 11.1. The Morgan fingerprint density at radius 3 is 2.47 bits per heavy atom. The van der Waals surface area contributed by atoms with Gasteiger partial charge in [-0.3, -0.25) is 9.27 Å². The van der Waals surface area contributed by atoms with Crippen molar-refractivity contribution in [3.05, 3.63) is 108 Å². The van der Waals surface area contributed by atoms with E-state index in [0.717, 1.165) is 33.1 Å². The molecule has 10 heteroatoms. The summed E-state index contributed by atoms with van der Waals surface area (Å²) in [5, 5.41) is 6.42. The predicted octanol–water partition coefficient (Wildman–Crippen LogP) is 6.69. The van der Waals surface area contributed by atoms with Gasteiger partial charge < -0.3 is 14.5 Å². The van der Waals surface area contributed by atoms with E-state index in [1.165, 1.54) is 0 Å². The van der Waals surface area contributed by atoms with Gasteiger partial charge in [0.2, 0.25) is 0 Å². The summed E-state index contributed by atoms with van der Waals surface area (Å²) in [5.41, 5.74) is 4.01. The summed E-state index contributed by atoms with van der Waals surface area (Å²) in [4.78, 5) is 4.90. The standard InChI is InChI=1S/C28H25N3O5S2/c1-35-23-9-5-8-21(17-23)26-14-15-27(36-26)29-24(16-19-10-12-22(13-11-19)31-38(32,33)34)25-18-37-28(30-25)20-6-3-2-4-7-20/h2-15,17-18,24,29,31H,16H2,1H3,(H,32,33,34)/t24-/m0/s1. The number of hydrogen-bond donors (Lipinski definition) is 3. The largest absolute Gasteiger partial charge is 0.497 e. The highest BCUT2D eigenvalue weighted by atomic mass is 32.2. The number of methoxy groups -OCH3 is 1. The zero-order chi connectivity index (χ0) is 26.5. The molecule has 0 aliphatic rings. The highest BCUT2D eigenvalue weighted by Crippen LogP contribution is 2.33. The summed E-state index contributed by atoms with van der Waals surface area (Å²) >= 11 is 1.57. The van der Waals surface area contributed by atoms with E-state index < -0.39 is 10.3 Å². The Hall–Kier alpha value is -4.12. The van der Waals surface area contributed by atoms with Crippen LogP contribution in [0.3, 0.4) is 0 Å². The first kappa shape index (κ1) is 25.5. The molecular formula is C28H25N3O5S2. The highest BCUT2D eigenvalue weighted by molar-refractivity contribution is 7.87. The molecule has 2 heterocycles. The summed E-state index contributed by atoms with van der Waals surface area (Å²) in [6.45, 7) is 0. The highest BCUT2D eigenvalue weighted by Gasteiger charge is 2.19. The van der Waals surface area contributed by atoms with Crippen LogP contribution in [0.5, 0.6) is 5.75 Å². The minimum Gasteiger partial charge on any atom is -0.497 e. The summed E-state index contributed by atoms with van der Waals surface area (Å²) in [6.07, 6.45) is 0.555. The predicted molar refractivity (Wildman–Crippen MR) is 150 cm³/mol. The average Bonchev–Trinajstić information content (AvgIpc) is 3.60. The maximum atomic E-state index is 11.1. The fourth-order valence-electron chi connectivity index (χ4n) is 4.00. The van der Waals surface area contributed by atoms with Crippen molar-refractivity contribution < 1.29 is 22.1 Å². The van der Waals surface area contributed by atoms with E-state index in [0.29, 0.717) is 18.1 Å². The van der Waals surface area contributed by atoms with Crippen molar-refractivity contribution in [1.82, 2.24) is 4.98 Å². The Morgan fingerprint density at radius 1 is 0.974 bits per heavy atom. The van der Waals surface area contributed by atoms with Crippen LogP contribution >= 0.6 is 11.3 Å². The summed E-state index contributed by atoms with van der Waals surface area (Å²) in [5.74, 6) is 2.04. The molecule has 1 atom stereocenters. The number of aromatic nitrogens is 1. The molecule has 0 aliphatic carbocycles. The summed E-state index contributed by atoms with van der Waals surface area (Å²) in [7, 11) is -2.71. The van der Waals surface area contributed by atoms with E-state index in [1.807, 2.05) is 72.1 Å². The molecule has 38 heavy (non-hydrogen) atoms. The van der Waals surface area contributed by atoms with Gasteiger partial charge in [0.15, 0.2) is 5.88 Å². The molecule has 0 radical (unpaired) electrons. The van der Waals surface area contributed by atoms with Gasteiger partial charge in [-0.1, -0.05) is 54.6 Å². The van der Waals surface area contributed by atoms with E-state index in [1.54, 1.807) is 42.7 Å². The van der Waals surface area contributed by atoms with Crippen LogP contribution < -0.4 is 14.8 Å². The molecule has 0 saturated heterocycles. The first-order valence-electron chi connectivity index (χ1n) is 11.7. The zero-order valence-electron chi connectivity index (χ0n) is 20.4. The van der Waals surface area contributed by atoms with Gasteiger partial charge in [0, 0.05) is 22.6 Å². The topological polar surface area (TPSA) is 114 Å². The number of nitrogens with zero attached hydrogens (tertiary/aromatic N) is 1. The smallest absolute Gasteiger partial charge is 0.357 e. The van der Waals surface area contributed by atoms with Crippen LogP contribution in [0, 0.1) is 0 Å². The van der Waals surface area contributed by atoms with Crippen LogP contribution in [0.25, 0.3) is 21.9 Å². The number of benzene rings is 3. The van der Waals surface area contributed by atoms with Gasteiger partial charge >= 0.3 is 10.3 Å². The van der Waals surface area contributed by atoms with Crippen LogP contribution in [0.4, 0.5) is 11.6 Å². The second kappa shape index (κ2) is 11.1. The van der Waals surface area contributed by atoms with E-state index in [-0.39, 0.29) is 11.7 Å². The van der Waals surface area contributed by atoms with Crippen molar-refractivity contribution in [3.63, 3.8) is 0 Å². The molecule has 3 N–H and O–H groups in total. The Balaban J connectivity index is 1.41. The number of nitrogens with one attached hydrogen (secondary N) is 2. The normalized spacial score (nSPS) is 12.2. The maximum Gasteiger partial charge on any atom is 0.357 e. The van der Waals surface area contributed by atoms with E-state index in [2.05, 4.69) is 10.0 Å². The number of hydrogen-bond acceptors (Lipinski definition) is 7. The lowest BCUT2D eigenvalue weighted by Crippen LogP contribution is -2.14. The lowest BCUT2D eigenvalue weighted by Gasteiger charge is -2.17. The number of rotatable bonds is 10. The number of furan rings is 1. The van der Waals surface area contributed by atoms with Crippen LogP contribution in [0.15, 0.2) is 101 Å². The summed E-state index contributed by atoms with van der Waals surface area (Å²) in [6, 6.07) is 28.0. The molecule has 0 unspecified atom stereocenters. The third kappa shape index (κ3) is 6.41. The van der Waals surface area contributed by atoms with Crippen molar-refractivity contribution in [2.45, 2.75) is 12.5 Å². The van der Waals surface area contributed by atoms with E-state index in [4.69, 9.17) is 18.7 Å². The zero-order valence-corrected chi connectivity index (χ0v) is 22.0. The average molecular weight is 548 g/mol. The SMILES string of the molecule is COc1cccc(-c2ccc(N[C@@H](Cc3ccc(NS(=O)(=O)O)cc3)c3csc(-c4ccccc4)n3)o2)c1. The lowest BCUT2D eigenvalue weighted by molar-refractivity contribution is 0.415. The van der Waals surface area contributed by atoms with Gasteiger partial charge in [-0.05, 0) is 42.3 Å². The van der Waals surface area contributed by atoms with Gasteiger partial charge in [0.1, 0.15) is 16.5 Å². The molecule has 0 aliphatic heterocycles. The number of ether oxygens (including phenoxy) is 1. The molecule has 5 rings (SSSR count). The quantitative estimate of drug-likeness (QED) is 0.167. The van der Waals surface area contributed by atoms with E-state index in [9.17, 15) is 8.42 Å². The molecule has 0 spiro atoms. The molecule has 194 valence electrons. The van der Waals surface area contributed by atoms with Gasteiger partial charge in [0.05, 0.1) is 24.5 Å². The van der Waals surface area contributed by atoms with Gasteiger partial charge in [-0.15, -0.1) is 11.3 Å². The third-order valence-electron chi connectivity index (χ3n) is 5.82. The Bertz CT molecular complexity index is 1610. The minimum atomic E-state index is -4.34. The molecule has 0 bridgehead atoms. The lowest BCUT2D eigenvalue weighted by atomic mass is 10.0. The van der Waals surface area contributed by atoms with Crippen LogP contribution in [-0.2, 0) is 16.7 Å². The van der Waals surface area contributed by atoms with Crippen molar-refractivity contribution in [1.29, 1.82) is 0 Å². The second-order valence-electron chi connectivity index (χ2n) is 8.51. The number of thiazole rings is 1. The Kier molecular flexibility index (Phi) is 7.45. The molecule has 0 saturated carbocycles. The van der Waals surface area contributed by atoms with E-state index >= 15 is 0 Å². The third-order valence-corrected chi connectivity index (χ3v) is 7.22. The van der Waals surface area contributed by atoms with Gasteiger partial charge in [-0.2, -0.15) is 8.42 Å². The molecule has 3 aromatic carbocycles. The number of anilines is 2. The van der Waals surface area contributed by atoms with Crippen molar-refractivity contribution in [3.8, 4) is 27.6 Å². The first-order valence-corrected chi connectivity index (χ1v) is 14.0. The molecular weight excluding hydrogens is 522 g/mol. The van der Waals surface area contributed by atoms with Gasteiger partial charge in [-0.25, -0.2) is 4.98 Å². The van der Waals surface area contributed by atoms with Crippen LogP contribution in [-0.4, -0.2) is 25.1 Å². The Labute approximate surface area is 224 Å². The van der Waals surface area contributed by atoms with Crippen molar-refractivity contribution >= 4 is 33.2 Å². The Morgan fingerprint density at radius 2 is 1.74 bits per heavy atom. The molecule has 8 nitrogen and oxygen atoms in total. The summed E-state index contributed by atoms with van der Waals surface area (Å²) < 4.78 is 44.8. The van der Waals surface area contributed by atoms with Crippen molar-refractivity contribution in [2.75, 3.05) is 17.1 Å². The molecule has 2 aromatic heterocycles. The monoisotopic (exact) mass is 547 g/mol. The molecule has 5 aromatic rings. The second-order valence-corrected chi connectivity index (χ2v) is 10.5. The first-order chi connectivity index (χ1) is 18.4. The fourth-order valence-corrected chi connectivity index (χ4v) is 5.31. The molecule has 0 amide bonds. The van der Waals surface area contributed by atoms with Crippen molar-refractivity contribution in [2.24, 2.45) is 0 Å². The van der Waals surface area contributed by atoms with Gasteiger partial charge in [0.25, 0.3) is 0 Å². The molecule has 0 fully saturated rings. The minimum absolute atomic E-state index is 0.228. The van der Waals surface area contributed by atoms with Crippen LogP contribution in [0.2, 0.25) is 0 Å².